The van der Waals surface area contributed by atoms with Crippen molar-refractivity contribution < 1.29 is 0 Å². The summed E-state index contributed by atoms with van der Waals surface area (Å²) in [6, 6.07) is 18.0. The lowest BCUT2D eigenvalue weighted by Crippen LogP contribution is -2.40. The normalized spacial score (nSPS) is 24.0. The molecule has 1 heteroatoms. The van der Waals surface area contributed by atoms with Gasteiger partial charge in [0.15, 0.2) is 0 Å². The van der Waals surface area contributed by atoms with Crippen molar-refractivity contribution in [3.8, 4) is 11.1 Å². The second-order valence-corrected chi connectivity index (χ2v) is 11.7. The van der Waals surface area contributed by atoms with Crippen LogP contribution in [0.4, 0.5) is 0 Å². The SMILES string of the molecule is CC1=C2C(C3c4ccccc4-c4ccccc43)C=C1[Si]2(C)C. The zero-order valence-corrected chi connectivity index (χ0v) is 14.4. The maximum atomic E-state index is 2.61. The second kappa shape index (κ2) is 3.91. The van der Waals surface area contributed by atoms with Crippen LogP contribution in [0, 0.1) is 5.92 Å². The zero-order valence-electron chi connectivity index (χ0n) is 13.4. The molecule has 0 nitrogen and oxygen atoms in total. The van der Waals surface area contributed by atoms with Crippen LogP contribution >= 0.6 is 0 Å². The summed E-state index contributed by atoms with van der Waals surface area (Å²) in [4.78, 5) is 0. The fourth-order valence-electron chi connectivity index (χ4n) is 5.27. The van der Waals surface area contributed by atoms with Gasteiger partial charge in [0.1, 0.15) is 8.07 Å². The molecule has 1 unspecified atom stereocenters. The molecule has 2 aromatic rings. The summed E-state index contributed by atoms with van der Waals surface area (Å²) in [7, 11) is -1.24. The minimum Gasteiger partial charge on any atom is -0.0768 e. The van der Waals surface area contributed by atoms with Gasteiger partial charge in [0, 0.05) is 11.8 Å². The van der Waals surface area contributed by atoms with E-state index in [1.54, 1.807) is 16.0 Å². The molecule has 2 aromatic carbocycles. The van der Waals surface area contributed by atoms with Gasteiger partial charge in [-0.2, -0.15) is 0 Å². The van der Waals surface area contributed by atoms with Crippen molar-refractivity contribution >= 4 is 8.07 Å². The van der Waals surface area contributed by atoms with Gasteiger partial charge < -0.3 is 0 Å². The third-order valence-electron chi connectivity index (χ3n) is 6.08. The minimum absolute atomic E-state index is 0.532. The lowest BCUT2D eigenvalue weighted by atomic mass is 9.85. The van der Waals surface area contributed by atoms with Crippen LogP contribution in [0.2, 0.25) is 13.1 Å². The van der Waals surface area contributed by atoms with Gasteiger partial charge in [-0.25, -0.2) is 0 Å². The molecule has 0 saturated carbocycles. The lowest BCUT2D eigenvalue weighted by Gasteiger charge is -2.38. The Morgan fingerprint density at radius 3 is 1.82 bits per heavy atom. The summed E-state index contributed by atoms with van der Waals surface area (Å²) >= 11 is 0. The lowest BCUT2D eigenvalue weighted by molar-refractivity contribution is 0.694. The second-order valence-electron chi connectivity index (χ2n) is 7.42. The van der Waals surface area contributed by atoms with Gasteiger partial charge in [-0.1, -0.05) is 83.7 Å². The Kier molecular flexibility index (Phi) is 2.25. The molecule has 2 bridgehead atoms. The highest BCUT2D eigenvalue weighted by Gasteiger charge is 2.53. The summed E-state index contributed by atoms with van der Waals surface area (Å²) in [5.74, 6) is 1.14. The van der Waals surface area contributed by atoms with Crippen LogP contribution in [-0.2, 0) is 0 Å². The van der Waals surface area contributed by atoms with Crippen LogP contribution in [0.5, 0.6) is 0 Å². The molecule has 0 radical (unpaired) electrons. The quantitative estimate of drug-likeness (QED) is 0.612. The van der Waals surface area contributed by atoms with E-state index in [1.807, 2.05) is 0 Å². The maximum Gasteiger partial charge on any atom is 0.108 e. The zero-order chi connectivity index (χ0) is 15.1. The number of allylic oxidation sites excluding steroid dienone is 4. The summed E-state index contributed by atoms with van der Waals surface area (Å²) in [6.45, 7) is 7.38. The van der Waals surface area contributed by atoms with Gasteiger partial charge in [0.2, 0.25) is 0 Å². The van der Waals surface area contributed by atoms with Crippen molar-refractivity contribution in [1.29, 1.82) is 0 Å². The number of benzene rings is 2. The predicted octanol–water partition coefficient (Wildman–Crippen LogP) is 5.47. The molecule has 2 aliphatic carbocycles. The van der Waals surface area contributed by atoms with Gasteiger partial charge >= 0.3 is 0 Å². The molecular formula is C21H20Si. The first-order valence-electron chi connectivity index (χ1n) is 8.23. The average molecular weight is 300 g/mol. The number of fused-ring (bicyclic) bond motifs is 4. The Morgan fingerprint density at radius 1 is 0.818 bits per heavy atom. The molecule has 2 aliphatic heterocycles. The standard InChI is InChI=1S/C21H20Si/c1-13-19-12-18(21(13)22(19,2)3)20-16-10-6-4-8-14(16)15-9-5-7-11-17(15)20/h4-12,18,20H,1-3H3. The molecule has 0 N–H and O–H groups in total. The monoisotopic (exact) mass is 300 g/mol. The largest absolute Gasteiger partial charge is 0.108 e. The Balaban J connectivity index is 1.73. The molecule has 0 aromatic heterocycles. The first-order chi connectivity index (χ1) is 10.6. The molecule has 0 spiro atoms. The fourth-order valence-corrected chi connectivity index (χ4v) is 9.20. The molecular weight excluding hydrogens is 280 g/mol. The van der Waals surface area contributed by atoms with Crippen molar-refractivity contribution in [3.63, 3.8) is 0 Å². The predicted molar refractivity (Wildman–Crippen MR) is 95.5 cm³/mol. The minimum atomic E-state index is -1.24. The molecule has 0 saturated heterocycles. The molecule has 22 heavy (non-hydrogen) atoms. The first-order valence-corrected chi connectivity index (χ1v) is 11.2. The van der Waals surface area contributed by atoms with E-state index in [0.717, 1.165) is 0 Å². The highest BCUT2D eigenvalue weighted by Crippen LogP contribution is 2.60. The summed E-state index contributed by atoms with van der Waals surface area (Å²) in [5.41, 5.74) is 7.57. The van der Waals surface area contributed by atoms with E-state index >= 15 is 0 Å². The van der Waals surface area contributed by atoms with E-state index in [1.165, 1.54) is 22.3 Å². The summed E-state index contributed by atoms with van der Waals surface area (Å²) in [5, 5.41) is 3.52. The van der Waals surface area contributed by atoms with Crippen LogP contribution < -0.4 is 0 Å². The van der Waals surface area contributed by atoms with Crippen molar-refractivity contribution in [2.45, 2.75) is 25.9 Å². The molecule has 0 fully saturated rings. The van der Waals surface area contributed by atoms with Gasteiger partial charge in [0.05, 0.1) is 0 Å². The maximum absolute atomic E-state index is 2.61. The van der Waals surface area contributed by atoms with E-state index in [-0.39, 0.29) is 0 Å². The van der Waals surface area contributed by atoms with E-state index in [9.17, 15) is 0 Å². The van der Waals surface area contributed by atoms with E-state index < -0.39 is 8.07 Å². The van der Waals surface area contributed by atoms with Gasteiger partial charge in [-0.15, -0.1) is 0 Å². The summed E-state index contributed by atoms with van der Waals surface area (Å²) < 4.78 is 0. The molecule has 6 rings (SSSR count). The highest BCUT2D eigenvalue weighted by atomic mass is 28.3. The number of rotatable bonds is 1. The summed E-state index contributed by atoms with van der Waals surface area (Å²) in [6.07, 6.45) is 2.61. The van der Waals surface area contributed by atoms with Crippen molar-refractivity contribution in [1.82, 2.24) is 0 Å². The first kappa shape index (κ1) is 12.7. The molecule has 4 aliphatic rings. The Hall–Kier alpha value is -1.86. The van der Waals surface area contributed by atoms with Crippen LogP contribution in [0.3, 0.4) is 0 Å². The Labute approximate surface area is 133 Å². The molecule has 1 atom stereocenters. The number of hydrogen-bond acceptors (Lipinski definition) is 0. The van der Waals surface area contributed by atoms with E-state index in [4.69, 9.17) is 0 Å². The smallest absolute Gasteiger partial charge is 0.0768 e. The third kappa shape index (κ3) is 1.29. The van der Waals surface area contributed by atoms with Crippen LogP contribution in [0.25, 0.3) is 11.1 Å². The average Bonchev–Trinajstić information content (AvgIpc) is 3.13. The highest BCUT2D eigenvalue weighted by molar-refractivity contribution is 6.96. The van der Waals surface area contributed by atoms with Gasteiger partial charge in [0.25, 0.3) is 0 Å². The van der Waals surface area contributed by atoms with Crippen LogP contribution in [0.1, 0.15) is 24.0 Å². The van der Waals surface area contributed by atoms with E-state index in [2.05, 4.69) is 74.6 Å². The van der Waals surface area contributed by atoms with E-state index in [0.29, 0.717) is 11.8 Å². The van der Waals surface area contributed by atoms with Crippen molar-refractivity contribution in [3.05, 3.63) is 81.7 Å². The van der Waals surface area contributed by atoms with Crippen molar-refractivity contribution in [2.75, 3.05) is 0 Å². The molecule has 108 valence electrons. The Morgan fingerprint density at radius 2 is 1.36 bits per heavy atom. The van der Waals surface area contributed by atoms with Gasteiger partial charge in [-0.05, 0) is 29.2 Å². The fraction of sp³-hybridized carbons (Fsp3) is 0.238. The third-order valence-corrected chi connectivity index (χ3v) is 10.0. The molecule has 0 amide bonds. The van der Waals surface area contributed by atoms with Gasteiger partial charge in [-0.3, -0.25) is 0 Å². The topological polar surface area (TPSA) is 0 Å². The van der Waals surface area contributed by atoms with Crippen LogP contribution in [-0.4, -0.2) is 8.07 Å². The van der Waals surface area contributed by atoms with Crippen LogP contribution in [0.15, 0.2) is 70.6 Å². The molecule has 2 heterocycles. The Bertz CT molecular complexity index is 837. The van der Waals surface area contributed by atoms with Crippen molar-refractivity contribution in [2.24, 2.45) is 5.92 Å². The number of hydrogen-bond donors (Lipinski definition) is 0.